The van der Waals surface area contributed by atoms with E-state index in [-0.39, 0.29) is 17.8 Å². The number of carbonyl (C=O) groups is 2. The highest BCUT2D eigenvalue weighted by molar-refractivity contribution is 5.88. The lowest BCUT2D eigenvalue weighted by atomic mass is 10.2. The van der Waals surface area contributed by atoms with Crippen LogP contribution in [0.2, 0.25) is 0 Å². The molecule has 1 fully saturated rings. The van der Waals surface area contributed by atoms with Gasteiger partial charge in [-0.1, -0.05) is 6.07 Å². The SMILES string of the molecule is CC(C)(C)OC(=O)N1CCC(Oc2cccc(C(=O)O)c2)C1. The van der Waals surface area contributed by atoms with E-state index in [1.807, 2.05) is 20.8 Å². The van der Waals surface area contributed by atoms with Gasteiger partial charge in [0.15, 0.2) is 0 Å². The third-order valence-corrected chi connectivity index (χ3v) is 3.18. The molecule has 120 valence electrons. The lowest BCUT2D eigenvalue weighted by Crippen LogP contribution is -2.36. The lowest BCUT2D eigenvalue weighted by molar-refractivity contribution is 0.0275. The number of hydrogen-bond acceptors (Lipinski definition) is 4. The zero-order valence-electron chi connectivity index (χ0n) is 13.0. The van der Waals surface area contributed by atoms with Crippen molar-refractivity contribution >= 4 is 12.1 Å². The van der Waals surface area contributed by atoms with E-state index in [0.29, 0.717) is 25.3 Å². The average Bonchev–Trinajstić information content (AvgIpc) is 2.85. The van der Waals surface area contributed by atoms with E-state index in [0.717, 1.165) is 0 Å². The number of amides is 1. The van der Waals surface area contributed by atoms with Crippen LogP contribution in [0, 0.1) is 0 Å². The number of rotatable bonds is 3. The van der Waals surface area contributed by atoms with Gasteiger partial charge < -0.3 is 19.5 Å². The Morgan fingerprint density at radius 2 is 2.05 bits per heavy atom. The summed E-state index contributed by atoms with van der Waals surface area (Å²) in [5, 5.41) is 8.97. The summed E-state index contributed by atoms with van der Waals surface area (Å²) >= 11 is 0. The molecule has 1 N–H and O–H groups in total. The number of ether oxygens (including phenoxy) is 2. The van der Waals surface area contributed by atoms with Gasteiger partial charge in [0.25, 0.3) is 0 Å². The second kappa shape index (κ2) is 6.25. The van der Waals surface area contributed by atoms with Crippen molar-refractivity contribution in [1.29, 1.82) is 0 Å². The van der Waals surface area contributed by atoms with Crippen LogP contribution in [0.15, 0.2) is 24.3 Å². The summed E-state index contributed by atoms with van der Waals surface area (Å²) in [5.41, 5.74) is -0.342. The normalized spacial score (nSPS) is 18.1. The minimum atomic E-state index is -0.993. The molecular weight excluding hydrogens is 286 g/mol. The highest BCUT2D eigenvalue weighted by Crippen LogP contribution is 2.21. The van der Waals surface area contributed by atoms with Crippen LogP contribution >= 0.6 is 0 Å². The summed E-state index contributed by atoms with van der Waals surface area (Å²) in [7, 11) is 0. The highest BCUT2D eigenvalue weighted by atomic mass is 16.6. The molecule has 1 amide bonds. The highest BCUT2D eigenvalue weighted by Gasteiger charge is 2.30. The third kappa shape index (κ3) is 4.38. The molecule has 0 saturated carbocycles. The molecule has 1 unspecified atom stereocenters. The quantitative estimate of drug-likeness (QED) is 0.929. The Hall–Kier alpha value is -2.24. The maximum absolute atomic E-state index is 12.0. The van der Waals surface area contributed by atoms with Gasteiger partial charge in [-0.2, -0.15) is 0 Å². The van der Waals surface area contributed by atoms with Gasteiger partial charge in [0.05, 0.1) is 12.1 Å². The van der Waals surface area contributed by atoms with Crippen LogP contribution in [0.25, 0.3) is 0 Å². The van der Waals surface area contributed by atoms with Crippen LogP contribution in [0.3, 0.4) is 0 Å². The minimum Gasteiger partial charge on any atom is -0.488 e. The first-order valence-electron chi connectivity index (χ1n) is 7.22. The summed E-state index contributed by atoms with van der Waals surface area (Å²) in [4.78, 5) is 24.5. The van der Waals surface area contributed by atoms with Crippen molar-refractivity contribution in [2.24, 2.45) is 0 Å². The first-order valence-corrected chi connectivity index (χ1v) is 7.22. The van der Waals surface area contributed by atoms with E-state index in [9.17, 15) is 9.59 Å². The minimum absolute atomic E-state index is 0.156. The van der Waals surface area contributed by atoms with Crippen molar-refractivity contribution in [3.8, 4) is 5.75 Å². The molecule has 0 radical (unpaired) electrons. The molecule has 1 heterocycles. The molecule has 1 aromatic rings. The summed E-state index contributed by atoms with van der Waals surface area (Å²) in [6, 6.07) is 6.34. The summed E-state index contributed by atoms with van der Waals surface area (Å²) in [6.45, 7) is 6.48. The second-order valence-electron chi connectivity index (χ2n) is 6.29. The van der Waals surface area contributed by atoms with Gasteiger partial charge in [-0.3, -0.25) is 0 Å². The number of carboxylic acid groups (broad SMARTS) is 1. The maximum atomic E-state index is 12.0. The molecule has 6 heteroatoms. The molecule has 0 aliphatic carbocycles. The van der Waals surface area contributed by atoms with E-state index in [1.165, 1.54) is 12.1 Å². The van der Waals surface area contributed by atoms with Crippen molar-refractivity contribution in [1.82, 2.24) is 4.90 Å². The number of hydrogen-bond donors (Lipinski definition) is 1. The van der Waals surface area contributed by atoms with Crippen molar-refractivity contribution in [3.63, 3.8) is 0 Å². The van der Waals surface area contributed by atoms with Gasteiger partial charge in [-0.05, 0) is 39.0 Å². The topological polar surface area (TPSA) is 76.1 Å². The van der Waals surface area contributed by atoms with Crippen LogP contribution in [0.4, 0.5) is 4.79 Å². The van der Waals surface area contributed by atoms with Crippen LogP contribution < -0.4 is 4.74 Å². The van der Waals surface area contributed by atoms with E-state index >= 15 is 0 Å². The molecule has 1 aliphatic rings. The fraction of sp³-hybridized carbons (Fsp3) is 0.500. The van der Waals surface area contributed by atoms with E-state index in [1.54, 1.807) is 17.0 Å². The Morgan fingerprint density at radius 3 is 2.68 bits per heavy atom. The van der Waals surface area contributed by atoms with Crippen molar-refractivity contribution in [3.05, 3.63) is 29.8 Å². The standard InChI is InChI=1S/C16H21NO5/c1-16(2,3)22-15(20)17-8-7-13(10-17)21-12-6-4-5-11(9-12)14(18)19/h4-6,9,13H,7-8,10H2,1-3H3,(H,18,19). The zero-order valence-corrected chi connectivity index (χ0v) is 13.0. The number of benzene rings is 1. The number of likely N-dealkylation sites (tertiary alicyclic amines) is 1. The monoisotopic (exact) mass is 307 g/mol. The first kappa shape index (κ1) is 16.1. The predicted octanol–water partition coefficient (Wildman–Crippen LogP) is 2.77. The molecule has 0 spiro atoms. The smallest absolute Gasteiger partial charge is 0.410 e. The lowest BCUT2D eigenvalue weighted by Gasteiger charge is -2.24. The molecule has 1 aliphatic heterocycles. The average molecular weight is 307 g/mol. The largest absolute Gasteiger partial charge is 0.488 e. The molecule has 1 saturated heterocycles. The van der Waals surface area contributed by atoms with E-state index < -0.39 is 11.6 Å². The summed E-state index contributed by atoms with van der Waals surface area (Å²) < 4.78 is 11.1. The van der Waals surface area contributed by atoms with Gasteiger partial charge in [0.1, 0.15) is 17.5 Å². The second-order valence-corrected chi connectivity index (χ2v) is 6.29. The molecule has 0 bridgehead atoms. The number of carboxylic acids is 1. The number of aromatic carboxylic acids is 1. The van der Waals surface area contributed by atoms with Crippen molar-refractivity contribution in [2.45, 2.75) is 38.9 Å². The van der Waals surface area contributed by atoms with Crippen molar-refractivity contribution < 1.29 is 24.2 Å². The first-order chi connectivity index (χ1) is 10.2. The molecule has 1 aromatic carbocycles. The number of carbonyl (C=O) groups excluding carboxylic acids is 1. The maximum Gasteiger partial charge on any atom is 0.410 e. The van der Waals surface area contributed by atoms with Crippen molar-refractivity contribution in [2.75, 3.05) is 13.1 Å². The van der Waals surface area contributed by atoms with Gasteiger partial charge in [0.2, 0.25) is 0 Å². The Bertz CT molecular complexity index is 564. The van der Waals surface area contributed by atoms with Crippen LogP contribution in [0.5, 0.6) is 5.75 Å². The molecule has 1 atom stereocenters. The predicted molar refractivity (Wildman–Crippen MR) is 80.2 cm³/mol. The Kier molecular flexibility index (Phi) is 4.59. The Balaban J connectivity index is 1.92. The van der Waals surface area contributed by atoms with Gasteiger partial charge in [-0.25, -0.2) is 9.59 Å². The fourth-order valence-electron chi connectivity index (χ4n) is 2.21. The Morgan fingerprint density at radius 1 is 1.32 bits per heavy atom. The van der Waals surface area contributed by atoms with Gasteiger partial charge in [0, 0.05) is 13.0 Å². The van der Waals surface area contributed by atoms with E-state index in [2.05, 4.69) is 0 Å². The van der Waals surface area contributed by atoms with Gasteiger partial charge >= 0.3 is 12.1 Å². The molecular formula is C16H21NO5. The summed E-state index contributed by atoms with van der Waals surface area (Å²) in [6.07, 6.45) is 0.186. The third-order valence-electron chi connectivity index (χ3n) is 3.18. The molecule has 2 rings (SSSR count). The summed E-state index contributed by atoms with van der Waals surface area (Å²) in [5.74, 6) is -0.497. The molecule has 6 nitrogen and oxygen atoms in total. The number of nitrogens with zero attached hydrogens (tertiary/aromatic N) is 1. The molecule has 22 heavy (non-hydrogen) atoms. The van der Waals surface area contributed by atoms with Crippen LogP contribution in [-0.2, 0) is 4.74 Å². The molecule has 0 aromatic heterocycles. The Labute approximate surface area is 129 Å². The van der Waals surface area contributed by atoms with E-state index in [4.69, 9.17) is 14.6 Å². The zero-order chi connectivity index (χ0) is 16.3. The fourth-order valence-corrected chi connectivity index (χ4v) is 2.21. The van der Waals surface area contributed by atoms with Crippen LogP contribution in [-0.4, -0.2) is 46.9 Å². The van der Waals surface area contributed by atoms with Crippen LogP contribution in [0.1, 0.15) is 37.6 Å². The van der Waals surface area contributed by atoms with Gasteiger partial charge in [-0.15, -0.1) is 0 Å².